The largest absolute Gasteiger partial charge is 0.396 e. The van der Waals surface area contributed by atoms with Crippen LogP contribution in [-0.4, -0.2) is 33.5 Å². The monoisotopic (exact) mass is 311 g/mol. The van der Waals surface area contributed by atoms with Crippen molar-refractivity contribution in [3.05, 3.63) is 52.5 Å². The average Bonchev–Trinajstić information content (AvgIpc) is 2.91. The number of hydrogen-bond donors (Lipinski definition) is 1. The number of halogens is 2. The Morgan fingerprint density at radius 1 is 1.35 bits per heavy atom. The number of aliphatic hydroxyl groups is 1. The van der Waals surface area contributed by atoms with E-state index in [2.05, 4.69) is 9.98 Å². The Labute approximate surface area is 127 Å². The molecule has 1 heterocycles. The van der Waals surface area contributed by atoms with Crippen LogP contribution in [0.1, 0.15) is 12.0 Å². The lowest BCUT2D eigenvalue weighted by atomic mass is 10.1. The fraction of sp³-hybridized carbons (Fsp3) is 0.286. The molecule has 0 aliphatic carbocycles. The van der Waals surface area contributed by atoms with Crippen molar-refractivity contribution in [2.24, 2.45) is 4.99 Å². The molecule has 0 saturated carbocycles. The first-order valence-electron chi connectivity index (χ1n) is 6.26. The zero-order valence-corrected chi connectivity index (χ0v) is 12.3. The Morgan fingerprint density at radius 2 is 2.20 bits per heavy atom. The number of aliphatic imine (C=N–C) groups is 1. The highest BCUT2D eigenvalue weighted by Gasteiger charge is 2.09. The highest BCUT2D eigenvalue weighted by atomic mass is 35.5. The Balaban J connectivity index is 2.27. The molecule has 0 bridgehead atoms. The molecule has 106 valence electrons. The second kappa shape index (κ2) is 7.43. The number of aliphatic hydroxyl groups excluding tert-OH is 1. The second-order valence-electron chi connectivity index (χ2n) is 4.26. The predicted octanol–water partition coefficient (Wildman–Crippen LogP) is 3.06. The number of benzene rings is 1. The third-order valence-electron chi connectivity index (χ3n) is 2.75. The van der Waals surface area contributed by atoms with Gasteiger partial charge in [-0.3, -0.25) is 4.99 Å². The molecule has 0 aliphatic heterocycles. The van der Waals surface area contributed by atoms with Gasteiger partial charge in [-0.15, -0.1) is 0 Å². The summed E-state index contributed by atoms with van der Waals surface area (Å²) >= 11 is 12.2. The molecule has 20 heavy (non-hydrogen) atoms. The lowest BCUT2D eigenvalue weighted by Gasteiger charge is -2.10. The Bertz CT molecular complexity index is 582. The summed E-state index contributed by atoms with van der Waals surface area (Å²) in [4.78, 5) is 8.55. The van der Waals surface area contributed by atoms with Crippen LogP contribution in [0.15, 0.2) is 41.9 Å². The fourth-order valence-electron chi connectivity index (χ4n) is 1.78. The van der Waals surface area contributed by atoms with Crippen molar-refractivity contribution in [3.63, 3.8) is 0 Å². The third kappa shape index (κ3) is 4.07. The highest BCUT2D eigenvalue weighted by molar-refractivity contribution is 6.37. The van der Waals surface area contributed by atoms with Gasteiger partial charge in [0.2, 0.25) is 0 Å². The maximum Gasteiger partial charge on any atom is 0.0949 e. The molecule has 2 rings (SSSR count). The van der Waals surface area contributed by atoms with Crippen molar-refractivity contribution in [2.75, 3.05) is 13.2 Å². The minimum absolute atomic E-state index is 0.121. The molecule has 0 atom stereocenters. The van der Waals surface area contributed by atoms with Gasteiger partial charge in [-0.1, -0.05) is 29.3 Å². The summed E-state index contributed by atoms with van der Waals surface area (Å²) in [6, 6.07) is 5.35. The molecule has 1 N–H and O–H groups in total. The van der Waals surface area contributed by atoms with Crippen molar-refractivity contribution in [2.45, 2.75) is 13.0 Å². The molecule has 0 spiro atoms. The van der Waals surface area contributed by atoms with Crippen LogP contribution in [0.3, 0.4) is 0 Å². The summed E-state index contributed by atoms with van der Waals surface area (Å²) in [5.41, 5.74) is 1.70. The molecule has 1 aromatic carbocycles. The number of imidazole rings is 1. The van der Waals surface area contributed by atoms with Crippen LogP contribution in [0.5, 0.6) is 0 Å². The van der Waals surface area contributed by atoms with E-state index in [1.165, 1.54) is 0 Å². The third-order valence-corrected chi connectivity index (χ3v) is 3.30. The van der Waals surface area contributed by atoms with Gasteiger partial charge in [-0.05, 0) is 18.6 Å². The van der Waals surface area contributed by atoms with Gasteiger partial charge in [0.1, 0.15) is 0 Å². The standard InChI is InChI=1S/C14H15Cl2N3O/c15-11-2-3-12(13(16)8-11)14(18-4-1-7-20)9-19-6-5-17-10-19/h2-3,5-6,8,10,20H,1,4,7,9H2/b18-14+. The fourth-order valence-corrected chi connectivity index (χ4v) is 2.30. The number of hydrogen-bond acceptors (Lipinski definition) is 3. The van der Waals surface area contributed by atoms with Crippen molar-refractivity contribution < 1.29 is 5.11 Å². The molecular formula is C14H15Cl2N3O. The van der Waals surface area contributed by atoms with Crippen LogP contribution in [0.2, 0.25) is 10.0 Å². The summed E-state index contributed by atoms with van der Waals surface area (Å²) < 4.78 is 1.92. The molecule has 0 aliphatic rings. The zero-order valence-electron chi connectivity index (χ0n) is 10.8. The van der Waals surface area contributed by atoms with Crippen LogP contribution < -0.4 is 0 Å². The highest BCUT2D eigenvalue weighted by Crippen LogP contribution is 2.22. The van der Waals surface area contributed by atoms with Gasteiger partial charge in [0, 0.05) is 36.1 Å². The average molecular weight is 312 g/mol. The molecule has 0 unspecified atom stereocenters. The summed E-state index contributed by atoms with van der Waals surface area (Å²) in [6.07, 6.45) is 5.93. The topological polar surface area (TPSA) is 50.4 Å². The van der Waals surface area contributed by atoms with Crippen molar-refractivity contribution >= 4 is 28.9 Å². The first-order chi connectivity index (χ1) is 9.70. The molecule has 0 fully saturated rings. The quantitative estimate of drug-likeness (QED) is 0.658. The van der Waals surface area contributed by atoms with E-state index >= 15 is 0 Å². The Morgan fingerprint density at radius 3 is 2.85 bits per heavy atom. The number of aromatic nitrogens is 2. The molecule has 2 aromatic rings. The van der Waals surface area contributed by atoms with Gasteiger partial charge in [-0.25, -0.2) is 4.98 Å². The van der Waals surface area contributed by atoms with Crippen LogP contribution in [0.4, 0.5) is 0 Å². The van der Waals surface area contributed by atoms with E-state index < -0.39 is 0 Å². The maximum atomic E-state index is 8.87. The first kappa shape index (κ1) is 15.0. The van der Waals surface area contributed by atoms with Crippen LogP contribution >= 0.6 is 23.2 Å². The first-order valence-corrected chi connectivity index (χ1v) is 7.01. The van der Waals surface area contributed by atoms with Gasteiger partial charge < -0.3 is 9.67 Å². The van der Waals surface area contributed by atoms with Crippen molar-refractivity contribution in [3.8, 4) is 0 Å². The molecule has 6 heteroatoms. The van der Waals surface area contributed by atoms with Gasteiger partial charge in [0.05, 0.1) is 23.6 Å². The molecule has 0 radical (unpaired) electrons. The summed E-state index contributed by atoms with van der Waals surface area (Å²) in [5.74, 6) is 0. The normalized spacial score (nSPS) is 11.8. The van der Waals surface area contributed by atoms with E-state index in [-0.39, 0.29) is 6.61 Å². The van der Waals surface area contributed by atoms with Gasteiger partial charge in [0.15, 0.2) is 0 Å². The maximum absolute atomic E-state index is 8.87. The van der Waals surface area contributed by atoms with Gasteiger partial charge in [-0.2, -0.15) is 0 Å². The van der Waals surface area contributed by atoms with Gasteiger partial charge in [0.25, 0.3) is 0 Å². The van der Waals surface area contributed by atoms with E-state index in [1.807, 2.05) is 16.8 Å². The van der Waals surface area contributed by atoms with E-state index in [0.29, 0.717) is 29.6 Å². The molecule has 4 nitrogen and oxygen atoms in total. The van der Waals surface area contributed by atoms with Crippen LogP contribution in [0.25, 0.3) is 0 Å². The van der Waals surface area contributed by atoms with Crippen molar-refractivity contribution in [1.82, 2.24) is 9.55 Å². The molecule has 1 aromatic heterocycles. The van der Waals surface area contributed by atoms with E-state index in [4.69, 9.17) is 28.3 Å². The smallest absolute Gasteiger partial charge is 0.0949 e. The second-order valence-corrected chi connectivity index (χ2v) is 5.11. The Hall–Kier alpha value is -1.36. The lowest BCUT2D eigenvalue weighted by molar-refractivity contribution is 0.291. The van der Waals surface area contributed by atoms with Crippen LogP contribution in [-0.2, 0) is 6.54 Å². The zero-order chi connectivity index (χ0) is 14.4. The Kier molecular flexibility index (Phi) is 5.59. The van der Waals surface area contributed by atoms with E-state index in [9.17, 15) is 0 Å². The van der Waals surface area contributed by atoms with Crippen molar-refractivity contribution in [1.29, 1.82) is 0 Å². The minimum Gasteiger partial charge on any atom is -0.396 e. The molecular weight excluding hydrogens is 297 g/mol. The SMILES string of the molecule is OCCC/N=C(\Cn1ccnc1)c1ccc(Cl)cc1Cl. The van der Waals surface area contributed by atoms with Crippen LogP contribution in [0, 0.1) is 0 Å². The molecule has 0 amide bonds. The van der Waals surface area contributed by atoms with E-state index in [1.54, 1.807) is 24.7 Å². The van der Waals surface area contributed by atoms with Gasteiger partial charge >= 0.3 is 0 Å². The summed E-state index contributed by atoms with van der Waals surface area (Å²) in [7, 11) is 0. The van der Waals surface area contributed by atoms with E-state index in [0.717, 1.165) is 11.3 Å². The summed E-state index contributed by atoms with van der Waals surface area (Å²) in [5, 5.41) is 10.0. The minimum atomic E-state index is 0.121. The summed E-state index contributed by atoms with van der Waals surface area (Å²) in [6.45, 7) is 1.25. The number of nitrogens with zero attached hydrogens (tertiary/aromatic N) is 3. The molecule has 0 saturated heterocycles. The predicted molar refractivity (Wildman–Crippen MR) is 81.8 cm³/mol. The lowest BCUT2D eigenvalue weighted by Crippen LogP contribution is -2.12. The number of rotatable bonds is 6.